The summed E-state index contributed by atoms with van der Waals surface area (Å²) in [5, 5.41) is 10.4. The van der Waals surface area contributed by atoms with E-state index in [1.54, 1.807) is 23.1 Å². The summed E-state index contributed by atoms with van der Waals surface area (Å²) in [6, 6.07) is 13.1. The quantitative estimate of drug-likeness (QED) is 0.843. The van der Waals surface area contributed by atoms with Gasteiger partial charge in [-0.15, -0.1) is 0 Å². The Morgan fingerprint density at radius 1 is 1.12 bits per heavy atom. The van der Waals surface area contributed by atoms with Gasteiger partial charge in [0.1, 0.15) is 0 Å². The van der Waals surface area contributed by atoms with E-state index in [0.717, 1.165) is 17.7 Å². The van der Waals surface area contributed by atoms with Gasteiger partial charge < -0.3 is 14.7 Å². The summed E-state index contributed by atoms with van der Waals surface area (Å²) in [7, 11) is 0. The molecular weight excluding hydrogens is 302 g/mol. The van der Waals surface area contributed by atoms with Crippen molar-refractivity contribution in [2.24, 2.45) is 0 Å². The molecule has 0 fully saturated rings. The largest absolute Gasteiger partial charge is 0.504 e. The molecule has 0 aliphatic carbocycles. The Labute approximate surface area is 142 Å². The maximum Gasteiger partial charge on any atom is 0.258 e. The molecule has 1 amide bonds. The Morgan fingerprint density at radius 2 is 1.92 bits per heavy atom. The zero-order valence-electron chi connectivity index (χ0n) is 14.0. The van der Waals surface area contributed by atoms with Crippen molar-refractivity contribution in [1.29, 1.82) is 0 Å². The molecule has 1 aliphatic heterocycles. The van der Waals surface area contributed by atoms with Crippen molar-refractivity contribution >= 4 is 23.2 Å². The fourth-order valence-electron chi connectivity index (χ4n) is 2.98. The number of hydrogen-bond donors (Lipinski definition) is 1. The zero-order valence-corrected chi connectivity index (χ0v) is 14.0. The first-order valence-corrected chi connectivity index (χ1v) is 8.25. The Hall–Kier alpha value is -2.75. The molecule has 0 saturated heterocycles. The number of nitrogens with zero attached hydrogens (tertiary/aromatic N) is 1. The van der Waals surface area contributed by atoms with E-state index in [9.17, 15) is 9.90 Å². The second kappa shape index (κ2) is 6.79. The van der Waals surface area contributed by atoms with Crippen LogP contribution >= 0.6 is 0 Å². The maximum absolute atomic E-state index is 12.8. The topological polar surface area (TPSA) is 49.8 Å². The van der Waals surface area contributed by atoms with Crippen LogP contribution in [0.5, 0.6) is 11.5 Å². The normalized spacial score (nSPS) is 15.0. The number of ether oxygens (including phenoxy) is 1. The summed E-state index contributed by atoms with van der Waals surface area (Å²) >= 11 is 0. The standard InChI is InChI=1S/C20H21NO3/c1-3-12-21-17-10-6-5-9-15(17)16(20(21)23)13-14-8-7-11-18(19(14)22)24-4-2/h5-11,13,22H,3-4,12H2,1-2H3/b16-13-. The van der Waals surface area contributed by atoms with E-state index in [1.165, 1.54) is 0 Å². The molecule has 4 nitrogen and oxygen atoms in total. The Kier molecular flexibility index (Phi) is 4.56. The number of carbonyl (C=O) groups is 1. The van der Waals surface area contributed by atoms with Crippen molar-refractivity contribution in [3.63, 3.8) is 0 Å². The highest BCUT2D eigenvalue weighted by atomic mass is 16.5. The van der Waals surface area contributed by atoms with Gasteiger partial charge in [0.15, 0.2) is 11.5 Å². The van der Waals surface area contributed by atoms with Crippen LogP contribution < -0.4 is 9.64 Å². The highest BCUT2D eigenvalue weighted by molar-refractivity contribution is 6.35. The summed E-state index contributed by atoms with van der Waals surface area (Å²) in [4.78, 5) is 14.6. The molecule has 4 heteroatoms. The number of para-hydroxylation sites is 2. The van der Waals surface area contributed by atoms with E-state index in [-0.39, 0.29) is 11.7 Å². The highest BCUT2D eigenvalue weighted by Crippen LogP contribution is 2.39. The minimum absolute atomic E-state index is 0.0285. The molecule has 0 saturated carbocycles. The number of aromatic hydroxyl groups is 1. The lowest BCUT2D eigenvalue weighted by Crippen LogP contribution is -2.26. The van der Waals surface area contributed by atoms with Gasteiger partial charge in [0.2, 0.25) is 0 Å². The van der Waals surface area contributed by atoms with E-state index >= 15 is 0 Å². The minimum atomic E-state index is -0.0285. The number of phenolic OH excluding ortho intramolecular Hbond substituents is 1. The molecule has 24 heavy (non-hydrogen) atoms. The average Bonchev–Trinajstić information content (AvgIpc) is 2.85. The number of hydrogen-bond acceptors (Lipinski definition) is 3. The minimum Gasteiger partial charge on any atom is -0.504 e. The summed E-state index contributed by atoms with van der Waals surface area (Å²) < 4.78 is 5.42. The summed E-state index contributed by atoms with van der Waals surface area (Å²) in [6.07, 6.45) is 2.63. The molecule has 0 unspecified atom stereocenters. The molecule has 1 N–H and O–H groups in total. The molecule has 124 valence electrons. The van der Waals surface area contributed by atoms with Crippen LogP contribution in [-0.2, 0) is 4.79 Å². The van der Waals surface area contributed by atoms with Crippen LogP contribution in [0.25, 0.3) is 11.6 Å². The van der Waals surface area contributed by atoms with E-state index in [0.29, 0.717) is 30.0 Å². The van der Waals surface area contributed by atoms with Crippen molar-refractivity contribution in [3.05, 3.63) is 53.6 Å². The lowest BCUT2D eigenvalue weighted by molar-refractivity contribution is -0.113. The van der Waals surface area contributed by atoms with Crippen molar-refractivity contribution in [2.45, 2.75) is 20.3 Å². The molecule has 1 aliphatic rings. The van der Waals surface area contributed by atoms with E-state index in [4.69, 9.17) is 4.74 Å². The van der Waals surface area contributed by atoms with Gasteiger partial charge in [-0.3, -0.25) is 4.79 Å². The SMILES string of the molecule is CCCN1C(=O)/C(=C\c2cccc(OCC)c2O)c2ccccc21. The van der Waals surface area contributed by atoms with E-state index in [2.05, 4.69) is 6.92 Å². The third kappa shape index (κ3) is 2.75. The second-order valence-corrected chi connectivity index (χ2v) is 5.66. The monoisotopic (exact) mass is 323 g/mol. The number of carbonyl (C=O) groups excluding carboxylic acids is 1. The van der Waals surface area contributed by atoms with Gasteiger partial charge in [0, 0.05) is 23.2 Å². The Balaban J connectivity index is 2.08. The summed E-state index contributed by atoms with van der Waals surface area (Å²) in [5.41, 5.74) is 3.01. The van der Waals surface area contributed by atoms with Crippen LogP contribution in [0.15, 0.2) is 42.5 Å². The number of amides is 1. The van der Waals surface area contributed by atoms with Crippen molar-refractivity contribution in [3.8, 4) is 11.5 Å². The first-order valence-electron chi connectivity index (χ1n) is 8.25. The molecular formula is C20H21NO3. The first kappa shape index (κ1) is 16.1. The van der Waals surface area contributed by atoms with E-state index in [1.807, 2.05) is 37.3 Å². The number of benzene rings is 2. The number of phenols is 1. The van der Waals surface area contributed by atoms with Gasteiger partial charge in [0.25, 0.3) is 5.91 Å². The van der Waals surface area contributed by atoms with Crippen LogP contribution in [0, 0.1) is 0 Å². The molecule has 2 aromatic rings. The molecule has 0 spiro atoms. The number of anilines is 1. The first-order chi connectivity index (χ1) is 11.7. The van der Waals surface area contributed by atoms with Gasteiger partial charge in [-0.25, -0.2) is 0 Å². The van der Waals surface area contributed by atoms with Crippen LogP contribution in [0.2, 0.25) is 0 Å². The lowest BCUT2D eigenvalue weighted by Gasteiger charge is -2.15. The van der Waals surface area contributed by atoms with Crippen LogP contribution in [-0.4, -0.2) is 24.2 Å². The predicted molar refractivity (Wildman–Crippen MR) is 96.2 cm³/mol. The maximum atomic E-state index is 12.8. The molecule has 0 radical (unpaired) electrons. The molecule has 0 bridgehead atoms. The molecule has 0 aromatic heterocycles. The number of fused-ring (bicyclic) bond motifs is 1. The molecule has 2 aromatic carbocycles. The average molecular weight is 323 g/mol. The Morgan fingerprint density at radius 3 is 2.67 bits per heavy atom. The summed E-state index contributed by atoms with van der Waals surface area (Å²) in [6.45, 7) is 5.07. The van der Waals surface area contributed by atoms with Gasteiger partial charge in [-0.2, -0.15) is 0 Å². The van der Waals surface area contributed by atoms with Gasteiger partial charge in [0.05, 0.1) is 12.3 Å². The fraction of sp³-hybridized carbons (Fsp3) is 0.250. The van der Waals surface area contributed by atoms with Crippen molar-refractivity contribution in [1.82, 2.24) is 0 Å². The lowest BCUT2D eigenvalue weighted by atomic mass is 10.0. The Bertz CT molecular complexity index is 795. The second-order valence-electron chi connectivity index (χ2n) is 5.66. The van der Waals surface area contributed by atoms with E-state index < -0.39 is 0 Å². The molecule has 0 atom stereocenters. The summed E-state index contributed by atoms with van der Waals surface area (Å²) in [5.74, 6) is 0.460. The highest BCUT2D eigenvalue weighted by Gasteiger charge is 2.31. The van der Waals surface area contributed by atoms with Crippen LogP contribution in [0.1, 0.15) is 31.4 Å². The van der Waals surface area contributed by atoms with Crippen molar-refractivity contribution in [2.75, 3.05) is 18.1 Å². The zero-order chi connectivity index (χ0) is 17.1. The van der Waals surface area contributed by atoms with Gasteiger partial charge in [-0.05, 0) is 31.6 Å². The van der Waals surface area contributed by atoms with Crippen LogP contribution in [0.3, 0.4) is 0 Å². The van der Waals surface area contributed by atoms with Crippen LogP contribution in [0.4, 0.5) is 5.69 Å². The molecule has 3 rings (SSSR count). The third-order valence-electron chi connectivity index (χ3n) is 4.04. The fourth-order valence-corrected chi connectivity index (χ4v) is 2.98. The number of rotatable bonds is 5. The van der Waals surface area contributed by atoms with Crippen molar-refractivity contribution < 1.29 is 14.6 Å². The van der Waals surface area contributed by atoms with Gasteiger partial charge >= 0.3 is 0 Å². The third-order valence-corrected chi connectivity index (χ3v) is 4.04. The molecule has 1 heterocycles. The predicted octanol–water partition coefficient (Wildman–Crippen LogP) is 4.09. The van der Waals surface area contributed by atoms with Gasteiger partial charge in [-0.1, -0.05) is 37.3 Å². The smallest absolute Gasteiger partial charge is 0.258 e.